The standard InChI is InChI=1S/C66H56FN/c1-44-18-13-19-45(2)62(44)51-31-35-58(36-32-51)68(59-37-33-52(34-38-59)63-46(3)20-14-21-47(63)4)60-42-54(64-48(5)22-15-23-49(64)6)40-55(43-60)65(53-26-16-29-57(67)41-53)66(56-27-11-8-12-28-56)39-17-30-61(66)50-24-9-7-10-25-50/h7-43,65H,1-6H3. The first kappa shape index (κ1) is 44.0. The summed E-state index contributed by atoms with van der Waals surface area (Å²) in [6.45, 7) is 13.2. The maximum Gasteiger partial charge on any atom is 0.123 e. The minimum atomic E-state index is -0.710. The van der Waals surface area contributed by atoms with Crippen LogP contribution in [0, 0.1) is 47.4 Å². The van der Waals surface area contributed by atoms with Gasteiger partial charge >= 0.3 is 0 Å². The number of hydrogen-bond acceptors (Lipinski definition) is 1. The van der Waals surface area contributed by atoms with Gasteiger partial charge in [0.05, 0.1) is 0 Å². The molecule has 0 saturated heterocycles. The van der Waals surface area contributed by atoms with Crippen molar-refractivity contribution in [3.63, 3.8) is 0 Å². The van der Waals surface area contributed by atoms with Crippen LogP contribution in [0.5, 0.6) is 0 Å². The van der Waals surface area contributed by atoms with Crippen molar-refractivity contribution in [1.82, 2.24) is 0 Å². The van der Waals surface area contributed by atoms with Crippen molar-refractivity contribution in [2.75, 3.05) is 4.90 Å². The van der Waals surface area contributed by atoms with E-state index in [0.29, 0.717) is 0 Å². The molecule has 68 heavy (non-hydrogen) atoms. The Labute approximate surface area is 402 Å². The van der Waals surface area contributed by atoms with Gasteiger partial charge < -0.3 is 4.90 Å². The van der Waals surface area contributed by atoms with Crippen LogP contribution in [0.4, 0.5) is 21.5 Å². The van der Waals surface area contributed by atoms with Crippen LogP contribution in [0.3, 0.4) is 0 Å². The molecule has 0 saturated carbocycles. The minimum absolute atomic E-state index is 0.261. The number of halogens is 1. The number of nitrogens with zero attached hydrogens (tertiary/aromatic N) is 1. The van der Waals surface area contributed by atoms with Crippen LogP contribution in [0.15, 0.2) is 224 Å². The molecule has 9 aromatic rings. The Kier molecular flexibility index (Phi) is 12.0. The van der Waals surface area contributed by atoms with Crippen LogP contribution in [-0.2, 0) is 5.41 Å². The highest BCUT2D eigenvalue weighted by Crippen LogP contribution is 2.56. The molecule has 2 atom stereocenters. The summed E-state index contributed by atoms with van der Waals surface area (Å²) in [5.74, 6) is -0.614. The average molecular weight is 882 g/mol. The number of allylic oxidation sites excluding steroid dienone is 4. The second-order valence-corrected chi connectivity index (χ2v) is 18.6. The monoisotopic (exact) mass is 881 g/mol. The zero-order valence-electron chi connectivity index (χ0n) is 39.8. The van der Waals surface area contributed by atoms with E-state index in [2.05, 4.69) is 253 Å². The number of benzene rings is 9. The summed E-state index contributed by atoms with van der Waals surface area (Å²) in [6, 6.07) is 73.5. The molecule has 2 heteroatoms. The molecular weight excluding hydrogens is 826 g/mol. The van der Waals surface area contributed by atoms with Crippen LogP contribution in [0.1, 0.15) is 61.6 Å². The topological polar surface area (TPSA) is 3.24 Å². The predicted molar refractivity (Wildman–Crippen MR) is 286 cm³/mol. The molecule has 0 aromatic heterocycles. The Hall–Kier alpha value is -7.81. The summed E-state index contributed by atoms with van der Waals surface area (Å²) in [5, 5.41) is 0. The Morgan fingerprint density at radius 3 is 1.35 bits per heavy atom. The van der Waals surface area contributed by atoms with Crippen molar-refractivity contribution < 1.29 is 4.39 Å². The second-order valence-electron chi connectivity index (χ2n) is 18.6. The van der Waals surface area contributed by atoms with Gasteiger partial charge in [-0.2, -0.15) is 0 Å². The van der Waals surface area contributed by atoms with Crippen molar-refractivity contribution in [3.8, 4) is 33.4 Å². The van der Waals surface area contributed by atoms with Gasteiger partial charge in [-0.15, -0.1) is 0 Å². The van der Waals surface area contributed by atoms with Crippen molar-refractivity contribution in [2.24, 2.45) is 0 Å². The highest BCUT2D eigenvalue weighted by atomic mass is 19.1. The predicted octanol–water partition coefficient (Wildman–Crippen LogP) is 17.9. The Balaban J connectivity index is 1.27. The number of anilines is 3. The summed E-state index contributed by atoms with van der Waals surface area (Å²) in [7, 11) is 0. The molecule has 1 aliphatic carbocycles. The quantitative estimate of drug-likeness (QED) is 0.125. The first-order valence-corrected chi connectivity index (χ1v) is 23.7. The fourth-order valence-electron chi connectivity index (χ4n) is 11.2. The first-order chi connectivity index (χ1) is 33.1. The van der Waals surface area contributed by atoms with Crippen molar-refractivity contribution >= 4 is 22.6 Å². The maximum atomic E-state index is 15.9. The van der Waals surface area contributed by atoms with Crippen molar-refractivity contribution in [1.29, 1.82) is 0 Å². The number of aryl methyl sites for hydroxylation is 6. The third kappa shape index (κ3) is 8.11. The van der Waals surface area contributed by atoms with Gasteiger partial charge in [0.1, 0.15) is 5.82 Å². The van der Waals surface area contributed by atoms with Gasteiger partial charge in [0.15, 0.2) is 0 Å². The SMILES string of the molecule is Cc1cccc(C)c1-c1ccc(N(c2ccc(-c3c(C)cccc3C)cc2)c2cc(-c3c(C)cccc3C)cc(C(c3cccc(F)c3)C3(c4ccccc4)C=CC=C3c3ccccc3)c2)cc1. The smallest absolute Gasteiger partial charge is 0.123 e. The van der Waals surface area contributed by atoms with Crippen LogP contribution in [-0.4, -0.2) is 0 Å². The molecule has 0 N–H and O–H groups in total. The fourth-order valence-corrected chi connectivity index (χ4v) is 11.2. The normalized spacial score (nSPS) is 14.7. The van der Waals surface area contributed by atoms with E-state index in [1.54, 1.807) is 12.1 Å². The zero-order valence-corrected chi connectivity index (χ0v) is 39.8. The largest absolute Gasteiger partial charge is 0.310 e. The molecule has 0 fully saturated rings. The minimum Gasteiger partial charge on any atom is -0.310 e. The summed E-state index contributed by atoms with van der Waals surface area (Å²) in [5.41, 5.74) is 22.4. The molecule has 0 radical (unpaired) electrons. The highest BCUT2D eigenvalue weighted by Gasteiger charge is 2.46. The molecule has 332 valence electrons. The first-order valence-electron chi connectivity index (χ1n) is 23.7. The van der Waals surface area contributed by atoms with Gasteiger partial charge in [0.25, 0.3) is 0 Å². The van der Waals surface area contributed by atoms with Gasteiger partial charge in [0.2, 0.25) is 0 Å². The summed E-state index contributed by atoms with van der Waals surface area (Å²) >= 11 is 0. The van der Waals surface area contributed by atoms with Crippen molar-refractivity contribution in [3.05, 3.63) is 286 Å². The molecule has 0 heterocycles. The lowest BCUT2D eigenvalue weighted by molar-refractivity contribution is 0.586. The molecule has 2 unspecified atom stereocenters. The van der Waals surface area contributed by atoms with Crippen LogP contribution in [0.2, 0.25) is 0 Å². The Bertz CT molecular complexity index is 3190. The molecule has 1 nitrogen and oxygen atoms in total. The Morgan fingerprint density at radius 2 is 0.853 bits per heavy atom. The lowest BCUT2D eigenvalue weighted by atomic mass is 9.61. The second kappa shape index (κ2) is 18.5. The van der Waals surface area contributed by atoms with Crippen molar-refractivity contribution in [2.45, 2.75) is 52.9 Å². The molecule has 0 aliphatic heterocycles. The molecule has 9 aromatic carbocycles. The molecule has 10 rings (SSSR count). The van der Waals surface area contributed by atoms with E-state index < -0.39 is 5.41 Å². The highest BCUT2D eigenvalue weighted by molar-refractivity contribution is 5.88. The molecular formula is C66H56FN. The van der Waals surface area contributed by atoms with Crippen LogP contribution >= 0.6 is 0 Å². The third-order valence-electron chi connectivity index (χ3n) is 14.1. The van der Waals surface area contributed by atoms with Gasteiger partial charge in [-0.05, 0) is 185 Å². The lowest BCUT2D eigenvalue weighted by Crippen LogP contribution is -2.33. The van der Waals surface area contributed by atoms with Crippen LogP contribution in [0.25, 0.3) is 39.0 Å². The maximum absolute atomic E-state index is 15.9. The summed E-state index contributed by atoms with van der Waals surface area (Å²) < 4.78 is 15.9. The summed E-state index contributed by atoms with van der Waals surface area (Å²) in [6.07, 6.45) is 6.80. The van der Waals surface area contributed by atoms with E-state index in [9.17, 15) is 0 Å². The van der Waals surface area contributed by atoms with Gasteiger partial charge in [-0.25, -0.2) is 4.39 Å². The lowest BCUT2D eigenvalue weighted by Gasteiger charge is -2.41. The molecule has 0 spiro atoms. The molecule has 0 bridgehead atoms. The zero-order chi connectivity index (χ0) is 46.9. The van der Waals surface area contributed by atoms with Gasteiger partial charge in [-0.3, -0.25) is 0 Å². The van der Waals surface area contributed by atoms with E-state index in [4.69, 9.17) is 0 Å². The van der Waals surface area contributed by atoms with Gasteiger partial charge in [-0.1, -0.05) is 176 Å². The Morgan fingerprint density at radius 1 is 0.382 bits per heavy atom. The van der Waals surface area contributed by atoms with E-state index in [-0.39, 0.29) is 11.7 Å². The van der Waals surface area contributed by atoms with E-state index in [1.807, 2.05) is 6.07 Å². The third-order valence-corrected chi connectivity index (χ3v) is 14.1. The van der Waals surface area contributed by atoms with E-state index >= 15 is 4.39 Å². The fraction of sp³-hybridized carbons (Fsp3) is 0.121. The average Bonchev–Trinajstić information content (AvgIpc) is 3.79. The number of rotatable bonds is 11. The van der Waals surface area contributed by atoms with Gasteiger partial charge in [0, 0.05) is 28.4 Å². The molecule has 1 aliphatic rings. The number of hydrogen-bond donors (Lipinski definition) is 0. The van der Waals surface area contributed by atoms with E-state index in [1.165, 1.54) is 66.8 Å². The van der Waals surface area contributed by atoms with Crippen LogP contribution < -0.4 is 4.90 Å². The molecule has 0 amide bonds. The van der Waals surface area contributed by atoms with E-state index in [0.717, 1.165) is 44.9 Å². The summed E-state index contributed by atoms with van der Waals surface area (Å²) in [4.78, 5) is 2.40.